The van der Waals surface area contributed by atoms with Crippen LogP contribution in [0.4, 0.5) is 0 Å². The second-order valence-electron chi connectivity index (χ2n) is 16.3. The maximum absolute atomic E-state index is 9.77. The normalized spacial score (nSPS) is 12.2. The lowest BCUT2D eigenvalue weighted by Gasteiger charge is -2.16. The Bertz CT molecular complexity index is 3500. The number of aromatic nitrogens is 2. The number of nitrogens with zero attached hydrogens (tertiary/aromatic N) is 2. The molecule has 0 aliphatic rings. The van der Waals surface area contributed by atoms with Gasteiger partial charge in [0.2, 0.25) is 0 Å². The zero-order chi connectivity index (χ0) is 40.0. The summed E-state index contributed by atoms with van der Waals surface area (Å²) in [5.74, 6) is 0. The van der Waals surface area contributed by atoms with Crippen LogP contribution in [0.3, 0.4) is 0 Å². The largest absolute Gasteiger partial charge is 0.492 e. The molecule has 8 heteroatoms. The maximum atomic E-state index is 9.77. The van der Waals surface area contributed by atoms with E-state index in [1.165, 1.54) is 48.5 Å². The highest BCUT2D eigenvalue weighted by atomic mass is 28.3. The highest BCUT2D eigenvalue weighted by Crippen LogP contribution is 2.39. The van der Waals surface area contributed by atoms with Gasteiger partial charge >= 0.3 is 7.12 Å². The molecule has 0 radical (unpaired) electrons. The number of furan rings is 2. The molecule has 6 nitrogen and oxygen atoms in total. The van der Waals surface area contributed by atoms with Crippen LogP contribution in [0.15, 0.2) is 179 Å². The maximum Gasteiger partial charge on any atom is 0.492 e. The van der Waals surface area contributed by atoms with Gasteiger partial charge < -0.3 is 28.0 Å². The molecule has 8 aromatic carbocycles. The summed E-state index contributed by atoms with van der Waals surface area (Å²) in [7, 11) is -3.12. The summed E-state index contributed by atoms with van der Waals surface area (Å²) in [6, 6.07) is 58.6. The Morgan fingerprint density at radius 3 is 1.14 bits per heavy atom. The fourth-order valence-electron chi connectivity index (χ4n) is 9.14. The molecular weight excluding hydrogens is 743 g/mol. The van der Waals surface area contributed by atoms with E-state index in [0.29, 0.717) is 11.0 Å². The summed E-state index contributed by atoms with van der Waals surface area (Å²) >= 11 is 0. The van der Waals surface area contributed by atoms with Gasteiger partial charge in [-0.3, -0.25) is 0 Å². The van der Waals surface area contributed by atoms with Crippen LogP contribution >= 0.6 is 0 Å². The molecule has 12 aromatic rings. The Morgan fingerprint density at radius 1 is 0.373 bits per heavy atom. The minimum atomic E-state index is -1.59. The number of hydrogen-bond acceptors (Lipinski definition) is 4. The van der Waals surface area contributed by atoms with Crippen molar-refractivity contribution in [2.45, 2.75) is 19.6 Å². The summed E-state index contributed by atoms with van der Waals surface area (Å²) in [5, 5.41) is 30.0. The summed E-state index contributed by atoms with van der Waals surface area (Å²) in [6.45, 7) is 7.13. The van der Waals surface area contributed by atoms with Crippen molar-refractivity contribution in [3.05, 3.63) is 170 Å². The summed E-state index contributed by atoms with van der Waals surface area (Å²) in [5.41, 5.74) is 10.3. The summed E-state index contributed by atoms with van der Waals surface area (Å²) < 4.78 is 17.5. The van der Waals surface area contributed by atoms with E-state index < -0.39 is 15.2 Å². The van der Waals surface area contributed by atoms with E-state index in [2.05, 4.69) is 150 Å². The second-order valence-corrected chi connectivity index (χ2v) is 21.3. The molecule has 12 rings (SSSR count). The van der Waals surface area contributed by atoms with Crippen molar-refractivity contribution in [1.82, 2.24) is 9.13 Å². The van der Waals surface area contributed by atoms with Crippen LogP contribution < -0.4 is 10.6 Å². The predicted octanol–water partition coefficient (Wildman–Crippen LogP) is 11.6. The van der Waals surface area contributed by atoms with Crippen molar-refractivity contribution in [3.63, 3.8) is 0 Å². The standard InChI is InChI=1S/C27H23NOSi.C24H16BNO3/c1-30(2,3)25-17-9-13-21-20-12-8-16-24(26(20)29-27(21)25)28-22-14-6-4-10-18(22)19-11-5-7-15-23(19)28;27-25(28)19-11-5-9-17-18-10-6-14-22(24(18)29-23(17)19)26-20-12-3-1-7-15(20)16-8-2-4-13-21(16)26/h4-17H,1-3H3;1-14,27-28H. The quantitative estimate of drug-likeness (QED) is 0.174. The lowest BCUT2D eigenvalue weighted by atomic mass is 9.79. The fraction of sp³-hybridized carbons (Fsp3) is 0.0588. The van der Waals surface area contributed by atoms with Crippen molar-refractivity contribution in [1.29, 1.82) is 0 Å². The Morgan fingerprint density at radius 2 is 0.712 bits per heavy atom. The highest BCUT2D eigenvalue weighted by Gasteiger charge is 2.25. The predicted molar refractivity (Wildman–Crippen MR) is 249 cm³/mol. The van der Waals surface area contributed by atoms with Gasteiger partial charge in [-0.1, -0.05) is 153 Å². The van der Waals surface area contributed by atoms with E-state index in [1.807, 2.05) is 42.5 Å². The van der Waals surface area contributed by atoms with E-state index in [0.717, 1.165) is 49.9 Å². The van der Waals surface area contributed by atoms with Crippen molar-refractivity contribution in [2.75, 3.05) is 0 Å². The first-order valence-electron chi connectivity index (χ1n) is 20.0. The molecule has 0 atom stereocenters. The minimum absolute atomic E-state index is 0.367. The molecule has 0 unspecified atom stereocenters. The van der Waals surface area contributed by atoms with Crippen LogP contribution in [0.2, 0.25) is 19.6 Å². The van der Waals surface area contributed by atoms with Crippen LogP contribution in [0.1, 0.15) is 0 Å². The summed E-state index contributed by atoms with van der Waals surface area (Å²) in [4.78, 5) is 0. The Labute approximate surface area is 340 Å². The van der Waals surface area contributed by atoms with E-state index in [4.69, 9.17) is 8.83 Å². The topological polar surface area (TPSA) is 76.6 Å². The number of hydrogen-bond donors (Lipinski definition) is 2. The monoisotopic (exact) mass is 782 g/mol. The second kappa shape index (κ2) is 13.4. The zero-order valence-corrected chi connectivity index (χ0v) is 33.8. The molecule has 0 spiro atoms. The average Bonchev–Trinajstić information content (AvgIpc) is 4.01. The molecule has 0 bridgehead atoms. The lowest BCUT2D eigenvalue weighted by molar-refractivity contribution is 0.425. The minimum Gasteiger partial charge on any atom is -0.454 e. The van der Waals surface area contributed by atoms with E-state index in [-0.39, 0.29) is 0 Å². The average molecular weight is 783 g/mol. The van der Waals surface area contributed by atoms with E-state index in [9.17, 15) is 10.0 Å². The van der Waals surface area contributed by atoms with Gasteiger partial charge in [-0.05, 0) is 41.6 Å². The number of para-hydroxylation sites is 8. The molecule has 0 saturated heterocycles. The smallest absolute Gasteiger partial charge is 0.454 e. The Hall–Kier alpha value is -6.84. The number of rotatable bonds is 4. The first-order valence-corrected chi connectivity index (χ1v) is 23.5. The van der Waals surface area contributed by atoms with Crippen LogP contribution in [0.25, 0.3) is 98.9 Å². The molecule has 0 aliphatic carbocycles. The third-order valence-corrected chi connectivity index (χ3v) is 13.8. The van der Waals surface area contributed by atoms with Gasteiger partial charge in [0.15, 0.2) is 11.2 Å². The van der Waals surface area contributed by atoms with Crippen LogP contribution in [0, 0.1) is 0 Å². The summed E-state index contributed by atoms with van der Waals surface area (Å²) in [6.07, 6.45) is 0. The molecule has 4 heterocycles. The number of fused-ring (bicyclic) bond motifs is 12. The van der Waals surface area contributed by atoms with Gasteiger partial charge in [-0.25, -0.2) is 0 Å². The zero-order valence-electron chi connectivity index (χ0n) is 32.8. The van der Waals surface area contributed by atoms with E-state index in [1.54, 1.807) is 6.07 Å². The third kappa shape index (κ3) is 5.41. The first-order chi connectivity index (χ1) is 28.8. The SMILES string of the molecule is C[Si](C)(C)c1cccc2c1oc1c(-n3c4ccccc4c4ccccc43)cccc12.OB(O)c1cccc2c1oc1c(-n3c4ccccc4c4ccccc43)cccc12. The first kappa shape index (κ1) is 35.3. The van der Waals surface area contributed by atoms with Crippen molar-refractivity contribution in [2.24, 2.45) is 0 Å². The molecule has 4 aromatic heterocycles. The van der Waals surface area contributed by atoms with Gasteiger partial charge in [-0.15, -0.1) is 0 Å². The van der Waals surface area contributed by atoms with Gasteiger partial charge in [0.25, 0.3) is 0 Å². The fourth-order valence-corrected chi connectivity index (χ4v) is 10.6. The van der Waals surface area contributed by atoms with Crippen LogP contribution in [-0.2, 0) is 0 Å². The van der Waals surface area contributed by atoms with Crippen LogP contribution in [-0.4, -0.2) is 34.4 Å². The molecule has 0 amide bonds. The molecular formula is C51H39BN2O4Si. The molecule has 2 N–H and O–H groups in total. The van der Waals surface area contributed by atoms with Crippen LogP contribution in [0.5, 0.6) is 0 Å². The van der Waals surface area contributed by atoms with E-state index >= 15 is 0 Å². The molecule has 284 valence electrons. The van der Waals surface area contributed by atoms with Crippen molar-refractivity contribution >= 4 is 113 Å². The Balaban J connectivity index is 0.000000135. The third-order valence-electron chi connectivity index (χ3n) is 11.8. The van der Waals surface area contributed by atoms with Gasteiger partial charge in [0.1, 0.15) is 11.2 Å². The van der Waals surface area contributed by atoms with Gasteiger partial charge in [0.05, 0.1) is 41.5 Å². The molecule has 0 fully saturated rings. The van der Waals surface area contributed by atoms with Crippen molar-refractivity contribution in [3.8, 4) is 11.4 Å². The van der Waals surface area contributed by atoms with Gasteiger partial charge in [0, 0.05) is 48.6 Å². The lowest BCUT2D eigenvalue weighted by Crippen LogP contribution is -2.37. The molecule has 0 aliphatic heterocycles. The van der Waals surface area contributed by atoms with Gasteiger partial charge in [-0.2, -0.15) is 0 Å². The molecule has 0 saturated carbocycles. The van der Waals surface area contributed by atoms with Crippen molar-refractivity contribution < 1.29 is 18.9 Å². The highest BCUT2D eigenvalue weighted by molar-refractivity contribution is 6.90. The Kier molecular flexibility index (Phi) is 8.00. The number of benzene rings is 8. The molecule has 59 heavy (non-hydrogen) atoms.